The Labute approximate surface area is 189 Å². The first-order chi connectivity index (χ1) is 13.0. The first-order valence-corrected chi connectivity index (χ1v) is 9.76. The molecule has 1 aromatic heterocycles. The highest BCUT2D eigenvalue weighted by Crippen LogP contribution is 2.25. The number of hydrogen-bond donors (Lipinski definition) is 1. The van der Waals surface area contributed by atoms with Gasteiger partial charge in [0, 0.05) is 50.5 Å². The van der Waals surface area contributed by atoms with Crippen molar-refractivity contribution in [3.63, 3.8) is 0 Å². The second-order valence-electron chi connectivity index (χ2n) is 6.80. The van der Waals surface area contributed by atoms with Crippen LogP contribution in [0.15, 0.2) is 23.2 Å². The summed E-state index contributed by atoms with van der Waals surface area (Å²) >= 11 is 6.19. The van der Waals surface area contributed by atoms with Gasteiger partial charge in [-0.25, -0.2) is 4.99 Å². The maximum Gasteiger partial charge on any atom is 0.194 e. The van der Waals surface area contributed by atoms with Gasteiger partial charge in [-0.2, -0.15) is 0 Å². The third-order valence-corrected chi connectivity index (χ3v) is 5.21. The third kappa shape index (κ3) is 5.28. The van der Waals surface area contributed by atoms with Crippen molar-refractivity contribution in [3.05, 3.63) is 40.4 Å². The van der Waals surface area contributed by atoms with Crippen LogP contribution in [0.3, 0.4) is 0 Å². The first-order valence-electron chi connectivity index (χ1n) is 9.38. The van der Waals surface area contributed by atoms with E-state index in [1.165, 1.54) is 11.3 Å². The molecular formula is C19H29ClIN7. The molecule has 7 nitrogen and oxygen atoms in total. The Bertz CT molecular complexity index is 813. The zero-order valence-corrected chi connectivity index (χ0v) is 20.0. The van der Waals surface area contributed by atoms with Gasteiger partial charge in [0.05, 0.1) is 0 Å². The van der Waals surface area contributed by atoms with Gasteiger partial charge in [-0.15, -0.1) is 34.2 Å². The van der Waals surface area contributed by atoms with Gasteiger partial charge in [0.25, 0.3) is 0 Å². The van der Waals surface area contributed by atoms with E-state index in [1.54, 1.807) is 0 Å². The largest absolute Gasteiger partial charge is 0.368 e. The predicted molar refractivity (Wildman–Crippen MR) is 126 cm³/mol. The summed E-state index contributed by atoms with van der Waals surface area (Å²) in [6.45, 7) is 11.2. The van der Waals surface area contributed by atoms with Gasteiger partial charge in [-0.1, -0.05) is 17.7 Å². The zero-order valence-electron chi connectivity index (χ0n) is 16.9. The molecule has 1 saturated heterocycles. The molecule has 1 N–H and O–H groups in total. The Morgan fingerprint density at radius 1 is 1.18 bits per heavy atom. The molecule has 28 heavy (non-hydrogen) atoms. The van der Waals surface area contributed by atoms with Crippen LogP contribution in [-0.4, -0.2) is 58.3 Å². The monoisotopic (exact) mass is 517 g/mol. The molecule has 0 radical (unpaired) electrons. The lowest BCUT2D eigenvalue weighted by atomic mass is 10.1. The maximum atomic E-state index is 6.19. The van der Waals surface area contributed by atoms with E-state index in [9.17, 15) is 0 Å². The van der Waals surface area contributed by atoms with Crippen molar-refractivity contribution in [2.75, 3.05) is 37.6 Å². The lowest BCUT2D eigenvalue weighted by Gasteiger charge is -2.38. The molecule has 0 spiro atoms. The number of benzene rings is 1. The lowest BCUT2D eigenvalue weighted by Crippen LogP contribution is -2.52. The van der Waals surface area contributed by atoms with Crippen LogP contribution in [0.1, 0.15) is 24.1 Å². The minimum atomic E-state index is 0. The molecule has 2 heterocycles. The van der Waals surface area contributed by atoms with Crippen LogP contribution >= 0.6 is 35.6 Å². The van der Waals surface area contributed by atoms with E-state index in [1.807, 2.05) is 24.6 Å². The van der Waals surface area contributed by atoms with E-state index in [4.69, 9.17) is 16.6 Å². The number of aryl methyl sites for hydroxylation is 2. The number of guanidine groups is 1. The summed E-state index contributed by atoms with van der Waals surface area (Å²) in [6, 6.07) is 6.08. The Kier molecular flexibility index (Phi) is 8.36. The summed E-state index contributed by atoms with van der Waals surface area (Å²) in [5, 5.41) is 12.5. The molecule has 0 amide bonds. The van der Waals surface area contributed by atoms with Gasteiger partial charge in [-0.05, 0) is 38.5 Å². The SMILES string of the molecule is CCNC(=NCc1nnc(C)n1C)N1CCN(c2cc(Cl)ccc2C)CC1.I. The van der Waals surface area contributed by atoms with Crippen molar-refractivity contribution in [2.45, 2.75) is 27.3 Å². The van der Waals surface area contributed by atoms with Crippen molar-refractivity contribution in [3.8, 4) is 0 Å². The molecule has 1 aromatic carbocycles. The van der Waals surface area contributed by atoms with E-state index in [-0.39, 0.29) is 24.0 Å². The normalized spacial score (nSPS) is 14.8. The van der Waals surface area contributed by atoms with E-state index in [2.05, 4.69) is 51.3 Å². The van der Waals surface area contributed by atoms with Gasteiger partial charge in [0.1, 0.15) is 12.4 Å². The highest BCUT2D eigenvalue weighted by atomic mass is 127. The average Bonchev–Trinajstić information content (AvgIpc) is 2.99. The van der Waals surface area contributed by atoms with Crippen LogP contribution < -0.4 is 10.2 Å². The third-order valence-electron chi connectivity index (χ3n) is 4.98. The molecular weight excluding hydrogens is 489 g/mol. The quantitative estimate of drug-likeness (QED) is 0.384. The number of halogens is 2. The summed E-state index contributed by atoms with van der Waals surface area (Å²) in [5.74, 6) is 2.70. The Morgan fingerprint density at radius 3 is 2.50 bits per heavy atom. The number of piperazine rings is 1. The Morgan fingerprint density at radius 2 is 1.89 bits per heavy atom. The number of aliphatic imine (C=N–C) groups is 1. The number of rotatable bonds is 4. The lowest BCUT2D eigenvalue weighted by molar-refractivity contribution is 0.372. The fraction of sp³-hybridized carbons (Fsp3) is 0.526. The highest BCUT2D eigenvalue weighted by molar-refractivity contribution is 14.0. The van der Waals surface area contributed by atoms with E-state index in [0.717, 1.165) is 55.4 Å². The first kappa shape index (κ1) is 22.7. The van der Waals surface area contributed by atoms with Crippen LogP contribution in [0, 0.1) is 13.8 Å². The molecule has 0 aliphatic carbocycles. The van der Waals surface area contributed by atoms with Crippen LogP contribution in [0.5, 0.6) is 0 Å². The van der Waals surface area contributed by atoms with Gasteiger partial charge in [0.15, 0.2) is 11.8 Å². The molecule has 9 heteroatoms. The van der Waals surface area contributed by atoms with Crippen molar-refractivity contribution in [1.29, 1.82) is 0 Å². The van der Waals surface area contributed by atoms with Crippen LogP contribution in [0.4, 0.5) is 5.69 Å². The summed E-state index contributed by atoms with van der Waals surface area (Å²) < 4.78 is 1.98. The molecule has 0 atom stereocenters. The van der Waals surface area contributed by atoms with Crippen LogP contribution in [0.2, 0.25) is 5.02 Å². The summed E-state index contributed by atoms with van der Waals surface area (Å²) in [6.07, 6.45) is 0. The van der Waals surface area contributed by atoms with Crippen molar-refractivity contribution in [2.24, 2.45) is 12.0 Å². The number of hydrogen-bond acceptors (Lipinski definition) is 4. The number of anilines is 1. The Hall–Kier alpha value is -1.55. The number of nitrogens with one attached hydrogen (secondary N) is 1. The standard InChI is InChI=1S/C19H28ClN7.HI/c1-5-21-19(22-13-18-24-23-15(3)25(18)4)27-10-8-26(9-11-27)17-12-16(20)7-6-14(17)2;/h6-7,12H,5,8-11,13H2,1-4H3,(H,21,22);1H. The average molecular weight is 518 g/mol. The van der Waals surface area contributed by atoms with Gasteiger partial charge in [0.2, 0.25) is 0 Å². The zero-order chi connectivity index (χ0) is 19.4. The van der Waals surface area contributed by atoms with Crippen molar-refractivity contribution >= 4 is 47.2 Å². The molecule has 154 valence electrons. The molecule has 1 aliphatic rings. The maximum absolute atomic E-state index is 6.19. The summed E-state index contributed by atoms with van der Waals surface area (Å²) in [7, 11) is 1.97. The molecule has 1 fully saturated rings. The van der Waals surface area contributed by atoms with E-state index in [0.29, 0.717) is 6.54 Å². The molecule has 0 unspecified atom stereocenters. The summed E-state index contributed by atoms with van der Waals surface area (Å²) in [4.78, 5) is 9.48. The van der Waals surface area contributed by atoms with Gasteiger partial charge in [-0.3, -0.25) is 0 Å². The molecule has 2 aromatic rings. The summed E-state index contributed by atoms with van der Waals surface area (Å²) in [5.41, 5.74) is 2.48. The van der Waals surface area contributed by atoms with Crippen LogP contribution in [-0.2, 0) is 13.6 Å². The minimum absolute atomic E-state index is 0. The van der Waals surface area contributed by atoms with Crippen molar-refractivity contribution < 1.29 is 0 Å². The van der Waals surface area contributed by atoms with Crippen LogP contribution in [0.25, 0.3) is 0 Å². The van der Waals surface area contributed by atoms with Crippen molar-refractivity contribution in [1.82, 2.24) is 25.0 Å². The molecule has 1 aliphatic heterocycles. The topological polar surface area (TPSA) is 61.6 Å². The van der Waals surface area contributed by atoms with Gasteiger partial charge >= 0.3 is 0 Å². The highest BCUT2D eigenvalue weighted by Gasteiger charge is 2.21. The predicted octanol–water partition coefficient (Wildman–Crippen LogP) is 2.99. The second-order valence-corrected chi connectivity index (χ2v) is 7.23. The molecule has 0 bridgehead atoms. The molecule has 3 rings (SSSR count). The Balaban J connectivity index is 0.00000280. The molecule has 0 saturated carbocycles. The van der Waals surface area contributed by atoms with E-state index >= 15 is 0 Å². The number of nitrogens with zero attached hydrogens (tertiary/aromatic N) is 6. The second kappa shape index (κ2) is 10.3. The van der Waals surface area contributed by atoms with Gasteiger partial charge < -0.3 is 19.7 Å². The fourth-order valence-corrected chi connectivity index (χ4v) is 3.41. The number of aromatic nitrogens is 3. The smallest absolute Gasteiger partial charge is 0.194 e. The fourth-order valence-electron chi connectivity index (χ4n) is 3.24. The minimum Gasteiger partial charge on any atom is -0.368 e. The van der Waals surface area contributed by atoms with E-state index < -0.39 is 0 Å².